The van der Waals surface area contributed by atoms with Crippen LogP contribution in [-0.2, 0) is 0 Å². The minimum atomic E-state index is -0.345. The number of methoxy groups -OCH3 is 1. The standard InChI is InChI=1S/C9H12BrNO2/c1-13-9-4-6(8(11)5-12)2-3-7(9)10/h2-4,8,12H,5,11H2,1H3/t8-/m1/s1. The highest BCUT2D eigenvalue weighted by atomic mass is 79.9. The predicted molar refractivity (Wildman–Crippen MR) is 54.7 cm³/mol. The molecule has 0 saturated heterocycles. The molecule has 72 valence electrons. The summed E-state index contributed by atoms with van der Waals surface area (Å²) in [5, 5.41) is 8.84. The first kappa shape index (κ1) is 10.5. The number of aliphatic hydroxyl groups is 1. The van der Waals surface area contributed by atoms with E-state index in [4.69, 9.17) is 15.6 Å². The van der Waals surface area contributed by atoms with Crippen molar-refractivity contribution >= 4 is 15.9 Å². The van der Waals surface area contributed by atoms with Gasteiger partial charge in [0.15, 0.2) is 0 Å². The van der Waals surface area contributed by atoms with Crippen molar-refractivity contribution in [1.82, 2.24) is 0 Å². The lowest BCUT2D eigenvalue weighted by Gasteiger charge is -2.10. The molecule has 0 unspecified atom stereocenters. The van der Waals surface area contributed by atoms with Crippen LogP contribution >= 0.6 is 15.9 Å². The van der Waals surface area contributed by atoms with E-state index >= 15 is 0 Å². The summed E-state index contributed by atoms with van der Waals surface area (Å²) in [4.78, 5) is 0. The number of benzene rings is 1. The molecule has 0 radical (unpaired) electrons. The molecule has 1 rings (SSSR count). The molecule has 0 spiro atoms. The molecule has 4 heteroatoms. The average molecular weight is 246 g/mol. The van der Waals surface area contributed by atoms with E-state index in [2.05, 4.69) is 15.9 Å². The zero-order valence-corrected chi connectivity index (χ0v) is 8.91. The Hall–Kier alpha value is -0.580. The lowest BCUT2D eigenvalue weighted by atomic mass is 10.1. The van der Waals surface area contributed by atoms with E-state index in [1.165, 1.54) is 0 Å². The molecule has 0 aliphatic carbocycles. The first-order valence-electron chi connectivity index (χ1n) is 3.89. The Labute approximate surface area is 85.6 Å². The van der Waals surface area contributed by atoms with Crippen LogP contribution in [0.3, 0.4) is 0 Å². The summed E-state index contributed by atoms with van der Waals surface area (Å²) in [5.74, 6) is 0.724. The third kappa shape index (κ3) is 2.43. The summed E-state index contributed by atoms with van der Waals surface area (Å²) in [5.41, 5.74) is 6.51. The third-order valence-corrected chi connectivity index (χ3v) is 2.46. The van der Waals surface area contributed by atoms with E-state index in [9.17, 15) is 0 Å². The second-order valence-corrected chi connectivity index (χ2v) is 3.54. The highest BCUT2D eigenvalue weighted by molar-refractivity contribution is 9.10. The number of hydrogen-bond donors (Lipinski definition) is 2. The summed E-state index contributed by atoms with van der Waals surface area (Å²) in [6.45, 7) is -0.0647. The van der Waals surface area contributed by atoms with Crippen molar-refractivity contribution < 1.29 is 9.84 Å². The molecular formula is C9H12BrNO2. The highest BCUT2D eigenvalue weighted by Gasteiger charge is 2.07. The summed E-state index contributed by atoms with van der Waals surface area (Å²) >= 11 is 3.33. The van der Waals surface area contributed by atoms with E-state index in [0.29, 0.717) is 0 Å². The molecule has 3 nitrogen and oxygen atoms in total. The van der Waals surface area contributed by atoms with Gasteiger partial charge < -0.3 is 15.6 Å². The molecule has 0 saturated carbocycles. The summed E-state index contributed by atoms with van der Waals surface area (Å²) in [6, 6.07) is 5.17. The van der Waals surface area contributed by atoms with Crippen LogP contribution in [0.4, 0.5) is 0 Å². The van der Waals surface area contributed by atoms with Gasteiger partial charge in [-0.1, -0.05) is 6.07 Å². The van der Waals surface area contributed by atoms with E-state index in [1.54, 1.807) is 7.11 Å². The molecule has 1 aromatic rings. The smallest absolute Gasteiger partial charge is 0.133 e. The molecule has 0 amide bonds. The van der Waals surface area contributed by atoms with Gasteiger partial charge in [-0.05, 0) is 33.6 Å². The van der Waals surface area contributed by atoms with Crippen molar-refractivity contribution in [3.05, 3.63) is 28.2 Å². The Kier molecular flexibility index (Phi) is 3.71. The van der Waals surface area contributed by atoms with Crippen LogP contribution in [0.2, 0.25) is 0 Å². The van der Waals surface area contributed by atoms with Gasteiger partial charge in [0.25, 0.3) is 0 Å². The van der Waals surface area contributed by atoms with Crippen molar-refractivity contribution in [2.45, 2.75) is 6.04 Å². The second kappa shape index (κ2) is 4.60. The first-order chi connectivity index (χ1) is 6.19. The normalized spacial score (nSPS) is 12.6. The van der Waals surface area contributed by atoms with Gasteiger partial charge in [-0.15, -0.1) is 0 Å². The van der Waals surface area contributed by atoms with Gasteiger partial charge >= 0.3 is 0 Å². The molecule has 1 atom stereocenters. The zero-order chi connectivity index (χ0) is 9.84. The van der Waals surface area contributed by atoms with Crippen LogP contribution in [-0.4, -0.2) is 18.8 Å². The van der Waals surface area contributed by atoms with Gasteiger partial charge in [0.2, 0.25) is 0 Å². The lowest BCUT2D eigenvalue weighted by molar-refractivity contribution is 0.267. The van der Waals surface area contributed by atoms with Crippen molar-refractivity contribution in [3.8, 4) is 5.75 Å². The Morgan fingerprint density at radius 1 is 1.62 bits per heavy atom. The van der Waals surface area contributed by atoms with Crippen molar-refractivity contribution in [3.63, 3.8) is 0 Å². The molecule has 0 aliphatic rings. The molecule has 0 heterocycles. The Morgan fingerprint density at radius 2 is 2.31 bits per heavy atom. The van der Waals surface area contributed by atoms with Crippen LogP contribution < -0.4 is 10.5 Å². The Bertz CT molecular complexity index is 291. The summed E-state index contributed by atoms with van der Waals surface area (Å²) in [6.07, 6.45) is 0. The van der Waals surface area contributed by atoms with E-state index in [0.717, 1.165) is 15.8 Å². The van der Waals surface area contributed by atoms with Gasteiger partial charge in [0.05, 0.1) is 24.2 Å². The molecule has 0 aromatic heterocycles. The van der Waals surface area contributed by atoms with E-state index in [-0.39, 0.29) is 12.6 Å². The fourth-order valence-corrected chi connectivity index (χ4v) is 1.42. The Morgan fingerprint density at radius 3 is 2.85 bits per heavy atom. The van der Waals surface area contributed by atoms with Crippen LogP contribution in [0.15, 0.2) is 22.7 Å². The van der Waals surface area contributed by atoms with E-state index in [1.807, 2.05) is 18.2 Å². The number of hydrogen-bond acceptors (Lipinski definition) is 3. The maximum atomic E-state index is 8.84. The Balaban J connectivity index is 2.99. The summed E-state index contributed by atoms with van der Waals surface area (Å²) < 4.78 is 5.97. The number of nitrogens with two attached hydrogens (primary N) is 1. The van der Waals surface area contributed by atoms with Crippen molar-refractivity contribution in [1.29, 1.82) is 0 Å². The minimum Gasteiger partial charge on any atom is -0.496 e. The number of halogens is 1. The van der Waals surface area contributed by atoms with Gasteiger partial charge in [0, 0.05) is 0 Å². The predicted octanol–water partition coefficient (Wildman–Crippen LogP) is 1.45. The molecular weight excluding hydrogens is 234 g/mol. The molecule has 3 N–H and O–H groups in total. The van der Waals surface area contributed by atoms with Gasteiger partial charge in [0.1, 0.15) is 5.75 Å². The maximum absolute atomic E-state index is 8.84. The monoisotopic (exact) mass is 245 g/mol. The van der Waals surface area contributed by atoms with Gasteiger partial charge in [-0.25, -0.2) is 0 Å². The topological polar surface area (TPSA) is 55.5 Å². The third-order valence-electron chi connectivity index (χ3n) is 1.80. The van der Waals surface area contributed by atoms with Crippen LogP contribution in [0, 0.1) is 0 Å². The average Bonchev–Trinajstić information content (AvgIpc) is 2.17. The van der Waals surface area contributed by atoms with Crippen LogP contribution in [0.5, 0.6) is 5.75 Å². The van der Waals surface area contributed by atoms with Crippen molar-refractivity contribution in [2.75, 3.05) is 13.7 Å². The van der Waals surface area contributed by atoms with Gasteiger partial charge in [-0.3, -0.25) is 0 Å². The maximum Gasteiger partial charge on any atom is 0.133 e. The van der Waals surface area contributed by atoms with E-state index < -0.39 is 0 Å². The van der Waals surface area contributed by atoms with Gasteiger partial charge in [-0.2, -0.15) is 0 Å². The number of aliphatic hydroxyl groups excluding tert-OH is 1. The number of rotatable bonds is 3. The zero-order valence-electron chi connectivity index (χ0n) is 7.33. The van der Waals surface area contributed by atoms with Crippen molar-refractivity contribution in [2.24, 2.45) is 5.73 Å². The molecule has 0 bridgehead atoms. The lowest BCUT2D eigenvalue weighted by Crippen LogP contribution is -2.14. The quantitative estimate of drug-likeness (QED) is 0.848. The molecule has 1 aromatic carbocycles. The minimum absolute atomic E-state index is 0.0647. The second-order valence-electron chi connectivity index (χ2n) is 2.68. The first-order valence-corrected chi connectivity index (χ1v) is 4.68. The highest BCUT2D eigenvalue weighted by Crippen LogP contribution is 2.27. The number of ether oxygens (including phenoxy) is 1. The van der Waals surface area contributed by atoms with Crippen LogP contribution in [0.25, 0.3) is 0 Å². The SMILES string of the molecule is COc1cc([C@H](N)CO)ccc1Br. The molecule has 0 fully saturated rings. The fraction of sp³-hybridized carbons (Fsp3) is 0.333. The largest absolute Gasteiger partial charge is 0.496 e. The molecule has 13 heavy (non-hydrogen) atoms. The molecule has 0 aliphatic heterocycles. The van der Waals surface area contributed by atoms with Crippen LogP contribution in [0.1, 0.15) is 11.6 Å². The fourth-order valence-electron chi connectivity index (χ4n) is 1.01. The summed E-state index contributed by atoms with van der Waals surface area (Å²) in [7, 11) is 1.59.